The summed E-state index contributed by atoms with van der Waals surface area (Å²) in [4.78, 5) is 6.54. The van der Waals surface area contributed by atoms with Crippen molar-refractivity contribution in [1.82, 2.24) is 14.7 Å². The molecular formula is C21H48BN3O3. The molecule has 0 aliphatic rings. The highest BCUT2D eigenvalue weighted by atomic mass is 16.7. The van der Waals surface area contributed by atoms with Gasteiger partial charge in [-0.1, -0.05) is 41.5 Å². The number of nitrogens with zero attached hydrogens (tertiary/aromatic N) is 3. The second kappa shape index (κ2) is 11.9. The van der Waals surface area contributed by atoms with Crippen molar-refractivity contribution in [3.05, 3.63) is 0 Å². The summed E-state index contributed by atoms with van der Waals surface area (Å²) in [5.74, 6) is 0. The smallest absolute Gasteiger partial charge is 0.385 e. The first-order valence-electron chi connectivity index (χ1n) is 10.3. The first kappa shape index (κ1) is 27.8. The van der Waals surface area contributed by atoms with Crippen molar-refractivity contribution in [3.63, 3.8) is 0 Å². The second-order valence-electron chi connectivity index (χ2n) is 11.4. The van der Waals surface area contributed by atoms with Crippen LogP contribution < -0.4 is 0 Å². The quantitative estimate of drug-likeness (QED) is 0.393. The maximum Gasteiger partial charge on any atom is 0.639 e. The van der Waals surface area contributed by atoms with Gasteiger partial charge in [-0.2, -0.15) is 0 Å². The Hall–Kier alpha value is -0.175. The van der Waals surface area contributed by atoms with E-state index in [9.17, 15) is 0 Å². The molecule has 0 aromatic carbocycles. The van der Waals surface area contributed by atoms with E-state index in [0.29, 0.717) is 19.8 Å². The van der Waals surface area contributed by atoms with Gasteiger partial charge < -0.3 is 28.7 Å². The SMILES string of the molecule is CN(C)CC(C)(C)COB(OCC(C)(C)CN(C)C)OCC(C)(C)CN(C)C. The lowest BCUT2D eigenvalue weighted by molar-refractivity contribution is 0.0116. The van der Waals surface area contributed by atoms with E-state index in [2.05, 4.69) is 98.5 Å². The zero-order valence-corrected chi connectivity index (χ0v) is 20.9. The van der Waals surface area contributed by atoms with Crippen molar-refractivity contribution in [1.29, 1.82) is 0 Å². The van der Waals surface area contributed by atoms with Gasteiger partial charge in [-0.3, -0.25) is 0 Å². The molecule has 0 radical (unpaired) electrons. The molecule has 0 aromatic heterocycles. The Morgan fingerprint density at radius 1 is 0.500 bits per heavy atom. The maximum atomic E-state index is 6.11. The lowest BCUT2D eigenvalue weighted by atomic mass is 9.92. The zero-order valence-electron chi connectivity index (χ0n) is 20.9. The molecule has 0 rings (SSSR count). The summed E-state index contributed by atoms with van der Waals surface area (Å²) in [7, 11) is 11.8. The van der Waals surface area contributed by atoms with E-state index >= 15 is 0 Å². The topological polar surface area (TPSA) is 37.4 Å². The molecule has 28 heavy (non-hydrogen) atoms. The summed E-state index contributed by atoms with van der Waals surface area (Å²) in [6.45, 7) is 17.8. The normalized spacial score (nSPS) is 13.8. The highest BCUT2D eigenvalue weighted by Gasteiger charge is 2.32. The molecule has 168 valence electrons. The average molecular weight is 401 g/mol. The molecule has 0 bridgehead atoms. The van der Waals surface area contributed by atoms with Gasteiger partial charge in [-0.25, -0.2) is 0 Å². The number of hydrogen-bond acceptors (Lipinski definition) is 6. The minimum atomic E-state index is -0.649. The summed E-state index contributed by atoms with van der Waals surface area (Å²) in [5, 5.41) is 0. The van der Waals surface area contributed by atoms with Crippen LogP contribution in [0.1, 0.15) is 41.5 Å². The predicted octanol–water partition coefficient (Wildman–Crippen LogP) is 2.78. The van der Waals surface area contributed by atoms with Crippen LogP contribution in [0, 0.1) is 16.2 Å². The second-order valence-corrected chi connectivity index (χ2v) is 11.4. The van der Waals surface area contributed by atoms with Crippen molar-refractivity contribution in [2.24, 2.45) is 16.2 Å². The Morgan fingerprint density at radius 3 is 0.893 bits per heavy atom. The van der Waals surface area contributed by atoms with Gasteiger partial charge in [0.2, 0.25) is 0 Å². The number of hydrogen-bond donors (Lipinski definition) is 0. The van der Waals surface area contributed by atoms with Crippen LogP contribution in [0.25, 0.3) is 0 Å². The van der Waals surface area contributed by atoms with Gasteiger partial charge in [0, 0.05) is 39.5 Å². The van der Waals surface area contributed by atoms with Crippen molar-refractivity contribution in [2.45, 2.75) is 41.5 Å². The van der Waals surface area contributed by atoms with Crippen LogP contribution in [0.4, 0.5) is 0 Å². The van der Waals surface area contributed by atoms with Gasteiger partial charge in [0.15, 0.2) is 0 Å². The van der Waals surface area contributed by atoms with Crippen LogP contribution >= 0.6 is 0 Å². The van der Waals surface area contributed by atoms with E-state index in [1.807, 2.05) is 0 Å². The lowest BCUT2D eigenvalue weighted by Gasteiger charge is -2.33. The maximum absolute atomic E-state index is 6.11. The lowest BCUT2D eigenvalue weighted by Crippen LogP contribution is -2.42. The minimum Gasteiger partial charge on any atom is -0.385 e. The van der Waals surface area contributed by atoms with E-state index in [0.717, 1.165) is 19.6 Å². The van der Waals surface area contributed by atoms with Gasteiger partial charge in [0.1, 0.15) is 0 Å². The third-order valence-electron chi connectivity index (χ3n) is 4.06. The van der Waals surface area contributed by atoms with E-state index in [1.54, 1.807) is 0 Å². The zero-order chi connectivity index (χ0) is 22.2. The summed E-state index contributed by atoms with van der Waals surface area (Å²) < 4.78 is 18.3. The standard InChI is InChI=1S/C21H48BN3O3/c1-19(2,13-23(7)8)16-26-22(27-17-20(3,4)14-24(9)10)28-18-21(5,6)15-25(11)12/h13-18H2,1-12H3. The van der Waals surface area contributed by atoms with Crippen molar-refractivity contribution >= 4 is 7.32 Å². The van der Waals surface area contributed by atoms with E-state index in [4.69, 9.17) is 14.0 Å². The molecule has 0 aliphatic carbocycles. The van der Waals surface area contributed by atoms with Crippen LogP contribution in [-0.4, -0.2) is 104 Å². The first-order valence-corrected chi connectivity index (χ1v) is 10.3. The Bertz CT molecular complexity index is 365. The molecule has 0 heterocycles. The van der Waals surface area contributed by atoms with Crippen LogP contribution in [0.3, 0.4) is 0 Å². The third-order valence-corrected chi connectivity index (χ3v) is 4.06. The molecule has 0 N–H and O–H groups in total. The molecule has 0 fully saturated rings. The van der Waals surface area contributed by atoms with Crippen molar-refractivity contribution in [2.75, 3.05) is 81.7 Å². The van der Waals surface area contributed by atoms with E-state index in [1.165, 1.54) is 0 Å². The molecular weight excluding hydrogens is 353 g/mol. The van der Waals surface area contributed by atoms with Gasteiger partial charge in [-0.15, -0.1) is 0 Å². The fourth-order valence-electron chi connectivity index (χ4n) is 3.73. The van der Waals surface area contributed by atoms with E-state index in [-0.39, 0.29) is 16.2 Å². The Balaban J connectivity index is 4.91. The molecule has 0 atom stereocenters. The average Bonchev–Trinajstić information content (AvgIpc) is 2.41. The van der Waals surface area contributed by atoms with Crippen molar-refractivity contribution in [3.8, 4) is 0 Å². The molecule has 6 nitrogen and oxygen atoms in total. The Kier molecular flexibility index (Phi) is 11.8. The third kappa shape index (κ3) is 14.8. The molecule has 0 aromatic rings. The Morgan fingerprint density at radius 2 is 0.714 bits per heavy atom. The first-order chi connectivity index (χ1) is 12.5. The fourth-order valence-corrected chi connectivity index (χ4v) is 3.73. The molecule has 0 saturated heterocycles. The fraction of sp³-hybridized carbons (Fsp3) is 1.00. The van der Waals surface area contributed by atoms with Crippen LogP contribution in [0.5, 0.6) is 0 Å². The largest absolute Gasteiger partial charge is 0.639 e. The molecule has 0 amide bonds. The predicted molar refractivity (Wildman–Crippen MR) is 121 cm³/mol. The highest BCUT2D eigenvalue weighted by Crippen LogP contribution is 2.22. The van der Waals surface area contributed by atoms with Crippen LogP contribution in [0.15, 0.2) is 0 Å². The van der Waals surface area contributed by atoms with Gasteiger partial charge in [0.05, 0.1) is 0 Å². The van der Waals surface area contributed by atoms with Crippen LogP contribution in [0.2, 0.25) is 0 Å². The molecule has 0 aliphatic heterocycles. The summed E-state index contributed by atoms with van der Waals surface area (Å²) in [6, 6.07) is 0. The van der Waals surface area contributed by atoms with E-state index < -0.39 is 7.32 Å². The summed E-state index contributed by atoms with van der Waals surface area (Å²) >= 11 is 0. The number of rotatable bonds is 15. The Labute approximate surface area is 176 Å². The van der Waals surface area contributed by atoms with Crippen molar-refractivity contribution < 1.29 is 14.0 Å². The molecule has 0 unspecified atom stereocenters. The van der Waals surface area contributed by atoms with Crippen LogP contribution in [-0.2, 0) is 14.0 Å². The van der Waals surface area contributed by atoms with Gasteiger partial charge >= 0.3 is 7.32 Å². The van der Waals surface area contributed by atoms with Gasteiger partial charge in [0.25, 0.3) is 0 Å². The molecule has 7 heteroatoms. The molecule has 0 spiro atoms. The summed E-state index contributed by atoms with van der Waals surface area (Å²) in [6.07, 6.45) is 0. The van der Waals surface area contributed by atoms with Gasteiger partial charge in [-0.05, 0) is 58.5 Å². The monoisotopic (exact) mass is 401 g/mol. The highest BCUT2D eigenvalue weighted by molar-refractivity contribution is 6.36. The minimum absolute atomic E-state index is 0.0206. The summed E-state index contributed by atoms with van der Waals surface area (Å²) in [5.41, 5.74) is 0.0618. The molecule has 0 saturated carbocycles.